The van der Waals surface area contributed by atoms with Gasteiger partial charge in [-0.2, -0.15) is 4.98 Å². The van der Waals surface area contributed by atoms with Crippen LogP contribution in [0, 0.1) is 17.8 Å². The van der Waals surface area contributed by atoms with Gasteiger partial charge in [-0.15, -0.1) is 0 Å². The minimum absolute atomic E-state index is 0.00851. The van der Waals surface area contributed by atoms with Crippen molar-refractivity contribution in [3.8, 4) is 34.8 Å². The molecule has 186 valence electrons. The maximum Gasteiger partial charge on any atom is 0.230 e. The number of aromatic nitrogens is 4. The number of benzene rings is 1. The summed E-state index contributed by atoms with van der Waals surface area (Å²) in [6.07, 6.45) is 7.34. The number of fused-ring (bicyclic) bond motifs is 2. The molecule has 1 fully saturated rings. The summed E-state index contributed by atoms with van der Waals surface area (Å²) in [6.45, 7) is 0.0804. The van der Waals surface area contributed by atoms with Gasteiger partial charge in [0.25, 0.3) is 0 Å². The van der Waals surface area contributed by atoms with Crippen LogP contribution >= 0.6 is 0 Å². The van der Waals surface area contributed by atoms with Crippen LogP contribution in [0.25, 0.3) is 5.69 Å². The van der Waals surface area contributed by atoms with Gasteiger partial charge in [0.05, 0.1) is 57.5 Å². The highest BCUT2D eigenvalue weighted by Gasteiger charge is 2.45. The summed E-state index contributed by atoms with van der Waals surface area (Å²) in [5, 5.41) is 13.3. The second kappa shape index (κ2) is 8.91. The van der Waals surface area contributed by atoms with Crippen LogP contribution in [0.15, 0.2) is 24.7 Å². The standard InChI is InChI=1S/C26H28N6O4/c1-34-21-10-16(11-22(35-2)24(21)36-3)31-12-23(27-14-31)29-26-28-19-6-4-5-18(19)25(30-26)32-17(13-33)9-15-7-8-20(15)32/h10-12,14-15,17,20,33H,4-6,9,13H2,1-3H3,(H,28,29,30)/t15-,17+,20-/m1/s1. The molecule has 3 aromatic rings. The summed E-state index contributed by atoms with van der Waals surface area (Å²) in [5.41, 5.74) is 3.04. The van der Waals surface area contributed by atoms with Crippen molar-refractivity contribution in [2.24, 2.45) is 5.92 Å². The fourth-order valence-corrected chi connectivity index (χ4v) is 5.37. The van der Waals surface area contributed by atoms with Gasteiger partial charge in [0.15, 0.2) is 17.3 Å². The van der Waals surface area contributed by atoms with Crippen LogP contribution in [0.5, 0.6) is 17.2 Å². The fraction of sp³-hybridized carbons (Fsp3) is 0.423. The van der Waals surface area contributed by atoms with Crippen molar-refractivity contribution in [2.75, 3.05) is 38.2 Å². The second-order valence-corrected chi connectivity index (χ2v) is 9.14. The minimum Gasteiger partial charge on any atom is -0.493 e. The van der Waals surface area contributed by atoms with E-state index < -0.39 is 0 Å². The first-order valence-electron chi connectivity index (χ1n) is 12.0. The summed E-state index contributed by atoms with van der Waals surface area (Å²) in [4.78, 5) is 16.4. The van der Waals surface area contributed by atoms with E-state index in [1.807, 2.05) is 22.9 Å². The molecule has 1 aliphatic heterocycles. The number of aliphatic hydroxyl groups excluding tert-OH is 1. The number of hydrogen-bond acceptors (Lipinski definition) is 9. The summed E-state index contributed by atoms with van der Waals surface area (Å²) >= 11 is 0. The van der Waals surface area contributed by atoms with Crippen LogP contribution in [0.3, 0.4) is 0 Å². The van der Waals surface area contributed by atoms with Gasteiger partial charge in [-0.3, -0.25) is 0 Å². The van der Waals surface area contributed by atoms with E-state index in [0.717, 1.165) is 42.9 Å². The molecule has 2 aliphatic carbocycles. The molecule has 3 atom stereocenters. The van der Waals surface area contributed by atoms with Crippen molar-refractivity contribution >= 4 is 17.6 Å². The molecule has 0 unspecified atom stereocenters. The fourth-order valence-electron chi connectivity index (χ4n) is 5.37. The van der Waals surface area contributed by atoms with Crippen molar-refractivity contribution in [3.63, 3.8) is 0 Å². The van der Waals surface area contributed by atoms with Gasteiger partial charge in [0, 0.05) is 17.7 Å². The Morgan fingerprint density at radius 3 is 2.56 bits per heavy atom. The maximum atomic E-state index is 10.0. The van der Waals surface area contributed by atoms with Crippen LogP contribution in [-0.4, -0.2) is 64.6 Å². The second-order valence-electron chi connectivity index (χ2n) is 9.14. The molecule has 1 saturated heterocycles. The van der Waals surface area contributed by atoms with Crippen LogP contribution in [0.4, 0.5) is 17.6 Å². The molecule has 10 heteroatoms. The van der Waals surface area contributed by atoms with Gasteiger partial charge in [-0.25, -0.2) is 9.97 Å². The third kappa shape index (κ3) is 3.58. The lowest BCUT2D eigenvalue weighted by Gasteiger charge is -2.32. The number of rotatable bonds is 8. The Bertz CT molecular complexity index is 1350. The lowest BCUT2D eigenvalue weighted by molar-refractivity contribution is 0.264. The number of nitrogens with one attached hydrogen (secondary N) is 1. The maximum absolute atomic E-state index is 10.0. The van der Waals surface area contributed by atoms with E-state index in [4.69, 9.17) is 24.2 Å². The number of imidazole rings is 1. The van der Waals surface area contributed by atoms with Gasteiger partial charge in [0.1, 0.15) is 18.2 Å². The molecule has 6 rings (SSSR count). The van der Waals surface area contributed by atoms with Crippen molar-refractivity contribution in [1.29, 1.82) is 0 Å². The first-order valence-corrected chi connectivity index (χ1v) is 12.0. The average Bonchev–Trinajstić information content (AvgIpc) is 3.60. The predicted molar refractivity (Wildman–Crippen MR) is 134 cm³/mol. The Morgan fingerprint density at radius 1 is 1.08 bits per heavy atom. The number of aryl methyl sites for hydroxylation is 1. The number of hydrogen-bond donors (Lipinski definition) is 2. The molecule has 1 aromatic carbocycles. The molecule has 0 amide bonds. The van der Waals surface area contributed by atoms with E-state index in [2.05, 4.69) is 27.0 Å². The summed E-state index contributed by atoms with van der Waals surface area (Å²) in [6, 6.07) is 3.84. The number of ether oxygens (including phenoxy) is 3. The van der Waals surface area contributed by atoms with Crippen LogP contribution in [0.1, 0.15) is 24.1 Å². The zero-order chi connectivity index (χ0) is 24.8. The molecule has 10 nitrogen and oxygen atoms in total. The zero-order valence-corrected chi connectivity index (χ0v) is 20.5. The SMILES string of the molecule is COc1cc(-n2cnc(Nc3nc4c(c(N5[C@H](CO)C[C@H]6C#C[C@H]65)n3)CCC4)c2)cc(OC)c1OC. The highest BCUT2D eigenvalue weighted by molar-refractivity contribution is 5.63. The molecule has 2 aromatic heterocycles. The van der Waals surface area contributed by atoms with E-state index in [1.165, 1.54) is 5.56 Å². The molecule has 0 saturated carbocycles. The van der Waals surface area contributed by atoms with Crippen molar-refractivity contribution in [2.45, 2.75) is 37.8 Å². The van der Waals surface area contributed by atoms with Crippen LogP contribution in [0.2, 0.25) is 0 Å². The number of anilines is 3. The highest BCUT2D eigenvalue weighted by Crippen LogP contribution is 2.41. The first kappa shape index (κ1) is 22.5. The third-order valence-corrected chi connectivity index (χ3v) is 7.15. The quantitative estimate of drug-likeness (QED) is 0.463. The summed E-state index contributed by atoms with van der Waals surface area (Å²) in [5.74, 6) is 10.4. The van der Waals surface area contributed by atoms with Gasteiger partial charge < -0.3 is 34.1 Å². The molecule has 36 heavy (non-hydrogen) atoms. The van der Waals surface area contributed by atoms with Crippen LogP contribution < -0.4 is 24.4 Å². The molecular weight excluding hydrogens is 460 g/mol. The normalized spacial score (nSPS) is 21.2. The van der Waals surface area contributed by atoms with Gasteiger partial charge >= 0.3 is 0 Å². The Kier molecular flexibility index (Phi) is 5.57. The van der Waals surface area contributed by atoms with Gasteiger partial charge in [0.2, 0.25) is 11.7 Å². The Hall–Kier alpha value is -3.97. The Balaban J connectivity index is 1.31. The molecule has 0 bridgehead atoms. The topological polar surface area (TPSA) is 107 Å². The molecule has 3 heterocycles. The van der Waals surface area contributed by atoms with E-state index in [0.29, 0.717) is 34.9 Å². The van der Waals surface area contributed by atoms with E-state index >= 15 is 0 Å². The smallest absolute Gasteiger partial charge is 0.230 e. The predicted octanol–water partition coefficient (Wildman–Crippen LogP) is 2.49. The number of methoxy groups -OCH3 is 3. The van der Waals surface area contributed by atoms with E-state index in [1.54, 1.807) is 27.7 Å². The van der Waals surface area contributed by atoms with Gasteiger partial charge in [-0.05, 0) is 25.7 Å². The minimum atomic E-state index is 0.00851. The summed E-state index contributed by atoms with van der Waals surface area (Å²) < 4.78 is 18.2. The third-order valence-electron chi connectivity index (χ3n) is 7.15. The average molecular weight is 489 g/mol. The van der Waals surface area contributed by atoms with E-state index in [9.17, 15) is 5.11 Å². The number of aliphatic hydroxyl groups is 1. The molecule has 2 N–H and O–H groups in total. The number of nitrogens with zero attached hydrogens (tertiary/aromatic N) is 5. The monoisotopic (exact) mass is 488 g/mol. The molecular formula is C26H28N6O4. The van der Waals surface area contributed by atoms with Crippen LogP contribution in [-0.2, 0) is 12.8 Å². The highest BCUT2D eigenvalue weighted by atomic mass is 16.5. The zero-order valence-electron chi connectivity index (χ0n) is 20.5. The molecule has 0 radical (unpaired) electrons. The Labute approximate surface area is 209 Å². The Morgan fingerprint density at radius 2 is 1.89 bits per heavy atom. The van der Waals surface area contributed by atoms with E-state index in [-0.39, 0.29) is 18.7 Å². The van der Waals surface area contributed by atoms with Crippen molar-refractivity contribution in [3.05, 3.63) is 35.9 Å². The lowest BCUT2D eigenvalue weighted by Crippen LogP contribution is -2.42. The largest absolute Gasteiger partial charge is 0.493 e. The molecule has 0 spiro atoms. The van der Waals surface area contributed by atoms with Crippen molar-refractivity contribution in [1.82, 2.24) is 19.5 Å². The summed E-state index contributed by atoms with van der Waals surface area (Å²) in [7, 11) is 4.75. The van der Waals surface area contributed by atoms with Crippen molar-refractivity contribution < 1.29 is 19.3 Å². The first-order chi connectivity index (χ1) is 17.6. The van der Waals surface area contributed by atoms with Gasteiger partial charge in [-0.1, -0.05) is 11.8 Å². The molecule has 3 aliphatic rings. The lowest BCUT2D eigenvalue weighted by atomic mass is 9.92.